The summed E-state index contributed by atoms with van der Waals surface area (Å²) >= 11 is 0. The molecule has 1 atom stereocenters. The summed E-state index contributed by atoms with van der Waals surface area (Å²) in [7, 11) is 1.39. The van der Waals surface area contributed by atoms with Gasteiger partial charge >= 0.3 is 0 Å². The first kappa shape index (κ1) is 12.7. The molecule has 0 radical (unpaired) electrons. The van der Waals surface area contributed by atoms with Crippen molar-refractivity contribution in [2.75, 3.05) is 13.7 Å². The van der Waals surface area contributed by atoms with Crippen LogP contribution in [0.1, 0.15) is 25.7 Å². The lowest BCUT2D eigenvalue weighted by molar-refractivity contribution is 0.141. The molecule has 1 unspecified atom stereocenters. The number of nitrogens with one attached hydrogen (secondary N) is 1. The molecular weight excluding hydrogens is 210 g/mol. The Bertz CT molecular complexity index is 386. The topological polar surface area (TPSA) is 71.7 Å². The second kappa shape index (κ2) is 5.67. The molecule has 5 nitrogen and oxygen atoms in total. The van der Waals surface area contributed by atoms with Crippen molar-refractivity contribution in [1.82, 2.24) is 5.32 Å². The summed E-state index contributed by atoms with van der Waals surface area (Å²) in [5, 5.41) is 12.8. The van der Waals surface area contributed by atoms with E-state index < -0.39 is 6.10 Å². The van der Waals surface area contributed by atoms with Gasteiger partial charge in [0.25, 0.3) is 0 Å². The molecule has 1 heterocycles. The summed E-state index contributed by atoms with van der Waals surface area (Å²) in [6.07, 6.45) is 0.372. The van der Waals surface area contributed by atoms with Gasteiger partial charge in [0.15, 0.2) is 0 Å². The van der Waals surface area contributed by atoms with Gasteiger partial charge in [-0.2, -0.15) is 0 Å². The highest BCUT2D eigenvalue weighted by Crippen LogP contribution is 2.12. The molecule has 0 amide bonds. The zero-order valence-electron chi connectivity index (χ0n) is 9.69. The van der Waals surface area contributed by atoms with Crippen LogP contribution in [0, 0.1) is 0 Å². The number of aliphatic hydroxyl groups excluding tert-OH is 1. The predicted molar refractivity (Wildman–Crippen MR) is 59.6 cm³/mol. The fraction of sp³-hybridized carbons (Fsp3) is 0.545. The maximum absolute atomic E-state index is 11.4. The van der Waals surface area contributed by atoms with Crippen molar-refractivity contribution >= 4 is 0 Å². The first-order valence-electron chi connectivity index (χ1n) is 5.12. The van der Waals surface area contributed by atoms with Gasteiger partial charge in [0, 0.05) is 18.7 Å². The van der Waals surface area contributed by atoms with Crippen LogP contribution in [0.4, 0.5) is 0 Å². The van der Waals surface area contributed by atoms with Gasteiger partial charge in [-0.3, -0.25) is 4.79 Å². The van der Waals surface area contributed by atoms with E-state index in [0.29, 0.717) is 6.54 Å². The largest absolute Gasteiger partial charge is 0.490 e. The van der Waals surface area contributed by atoms with Crippen molar-refractivity contribution in [3.05, 3.63) is 28.3 Å². The Balaban J connectivity index is 2.73. The highest BCUT2D eigenvalue weighted by molar-refractivity contribution is 5.18. The van der Waals surface area contributed by atoms with Gasteiger partial charge in [0.05, 0.1) is 7.11 Å². The van der Waals surface area contributed by atoms with Crippen LogP contribution in [0.5, 0.6) is 5.75 Å². The van der Waals surface area contributed by atoms with Gasteiger partial charge in [-0.15, -0.1) is 0 Å². The van der Waals surface area contributed by atoms with Crippen LogP contribution in [0.15, 0.2) is 21.5 Å². The molecular formula is C11H17NO4. The summed E-state index contributed by atoms with van der Waals surface area (Å²) < 4.78 is 9.88. The molecule has 90 valence electrons. The Morgan fingerprint density at radius 2 is 2.25 bits per heavy atom. The Morgan fingerprint density at radius 3 is 2.75 bits per heavy atom. The number of aliphatic hydroxyl groups is 1. The van der Waals surface area contributed by atoms with Gasteiger partial charge in [0.2, 0.25) is 11.2 Å². The van der Waals surface area contributed by atoms with Crippen molar-refractivity contribution in [2.24, 2.45) is 0 Å². The van der Waals surface area contributed by atoms with Crippen LogP contribution >= 0.6 is 0 Å². The van der Waals surface area contributed by atoms with Crippen molar-refractivity contribution < 1.29 is 14.3 Å². The standard InChI is InChI=1S/C11H17NO4/c1-7(2)12-5-9(14)10-4-8(13)11(15-3)6-16-10/h4,6-7,9,12,14H,5H2,1-3H3. The van der Waals surface area contributed by atoms with E-state index in [1.807, 2.05) is 13.8 Å². The van der Waals surface area contributed by atoms with E-state index in [-0.39, 0.29) is 23.0 Å². The molecule has 0 saturated carbocycles. The number of methoxy groups -OCH3 is 1. The molecule has 0 aliphatic heterocycles. The van der Waals surface area contributed by atoms with Gasteiger partial charge in [0.1, 0.15) is 18.1 Å². The highest BCUT2D eigenvalue weighted by Gasteiger charge is 2.12. The summed E-state index contributed by atoms with van der Waals surface area (Å²) in [4.78, 5) is 11.4. The van der Waals surface area contributed by atoms with Gasteiger partial charge in [-0.05, 0) is 0 Å². The molecule has 16 heavy (non-hydrogen) atoms. The Labute approximate surface area is 94.0 Å². The second-order valence-electron chi connectivity index (χ2n) is 3.79. The van der Waals surface area contributed by atoms with Gasteiger partial charge in [-0.1, -0.05) is 13.8 Å². The molecule has 1 aromatic rings. The highest BCUT2D eigenvalue weighted by atomic mass is 16.5. The fourth-order valence-corrected chi connectivity index (χ4v) is 1.19. The summed E-state index contributed by atoms with van der Waals surface area (Å²) in [6.45, 7) is 4.28. The van der Waals surface area contributed by atoms with Crippen LogP contribution in [0.2, 0.25) is 0 Å². The lowest BCUT2D eigenvalue weighted by Crippen LogP contribution is -2.28. The maximum Gasteiger partial charge on any atom is 0.227 e. The maximum atomic E-state index is 11.4. The third-order valence-electron chi connectivity index (χ3n) is 2.09. The minimum atomic E-state index is -0.832. The van der Waals surface area contributed by atoms with Gasteiger partial charge in [-0.25, -0.2) is 0 Å². The van der Waals surface area contributed by atoms with Crippen molar-refractivity contribution in [3.8, 4) is 5.75 Å². The molecule has 0 aliphatic carbocycles. The van der Waals surface area contributed by atoms with Crippen LogP contribution in [0.25, 0.3) is 0 Å². The smallest absolute Gasteiger partial charge is 0.227 e. The van der Waals surface area contributed by atoms with Crippen molar-refractivity contribution in [1.29, 1.82) is 0 Å². The molecule has 0 spiro atoms. The van der Waals surface area contributed by atoms with Crippen LogP contribution in [0.3, 0.4) is 0 Å². The Morgan fingerprint density at radius 1 is 1.56 bits per heavy atom. The predicted octanol–water partition coefficient (Wildman–Crippen LogP) is 0.680. The van der Waals surface area contributed by atoms with E-state index >= 15 is 0 Å². The third-order valence-corrected chi connectivity index (χ3v) is 2.09. The van der Waals surface area contributed by atoms with E-state index in [4.69, 9.17) is 9.15 Å². The molecule has 0 aliphatic rings. The molecule has 5 heteroatoms. The van der Waals surface area contributed by atoms with Crippen molar-refractivity contribution in [3.63, 3.8) is 0 Å². The van der Waals surface area contributed by atoms with E-state index in [9.17, 15) is 9.90 Å². The molecule has 1 rings (SSSR count). The minimum Gasteiger partial charge on any atom is -0.490 e. The molecule has 0 fully saturated rings. The number of hydrogen-bond acceptors (Lipinski definition) is 5. The van der Waals surface area contributed by atoms with Crippen LogP contribution in [-0.2, 0) is 0 Å². The monoisotopic (exact) mass is 227 g/mol. The normalized spacial score (nSPS) is 12.8. The second-order valence-corrected chi connectivity index (χ2v) is 3.79. The average Bonchev–Trinajstić information content (AvgIpc) is 2.25. The lowest BCUT2D eigenvalue weighted by Gasteiger charge is -2.13. The first-order valence-corrected chi connectivity index (χ1v) is 5.12. The molecule has 2 N–H and O–H groups in total. The molecule has 1 aromatic heterocycles. The average molecular weight is 227 g/mol. The third kappa shape index (κ3) is 3.36. The quantitative estimate of drug-likeness (QED) is 0.774. The SMILES string of the molecule is COc1coc(C(O)CNC(C)C)cc1=O. The lowest BCUT2D eigenvalue weighted by atomic mass is 10.2. The summed E-state index contributed by atoms with van der Waals surface area (Å²) in [5.74, 6) is 0.367. The summed E-state index contributed by atoms with van der Waals surface area (Å²) in [6, 6.07) is 1.51. The molecule has 0 aromatic carbocycles. The molecule has 0 saturated heterocycles. The van der Waals surface area contributed by atoms with E-state index in [1.165, 1.54) is 19.4 Å². The number of rotatable bonds is 5. The zero-order chi connectivity index (χ0) is 12.1. The van der Waals surface area contributed by atoms with Crippen LogP contribution in [-0.4, -0.2) is 24.8 Å². The van der Waals surface area contributed by atoms with Crippen LogP contribution < -0.4 is 15.5 Å². The van der Waals surface area contributed by atoms with Crippen molar-refractivity contribution in [2.45, 2.75) is 26.0 Å². The van der Waals surface area contributed by atoms with E-state index in [2.05, 4.69) is 5.32 Å². The fourth-order valence-electron chi connectivity index (χ4n) is 1.19. The number of ether oxygens (including phenoxy) is 1. The van der Waals surface area contributed by atoms with Gasteiger partial charge < -0.3 is 19.6 Å². The Hall–Kier alpha value is -1.33. The first-order chi connectivity index (χ1) is 7.54. The molecule has 0 bridgehead atoms. The van der Waals surface area contributed by atoms with E-state index in [0.717, 1.165) is 0 Å². The zero-order valence-corrected chi connectivity index (χ0v) is 9.69. The minimum absolute atomic E-state index is 0.132. The Kier molecular flexibility index (Phi) is 4.52. The van der Waals surface area contributed by atoms with E-state index in [1.54, 1.807) is 0 Å². The number of hydrogen-bond donors (Lipinski definition) is 2. The summed E-state index contributed by atoms with van der Waals surface area (Å²) in [5.41, 5.74) is -0.299.